The Kier molecular flexibility index (Phi) is 7.02. The maximum Gasteiger partial charge on any atom is 0.227 e. The number of benzene rings is 2. The van der Waals surface area contributed by atoms with Crippen molar-refractivity contribution in [3.8, 4) is 0 Å². The van der Waals surface area contributed by atoms with Gasteiger partial charge in [0.15, 0.2) is 0 Å². The molecule has 1 heterocycles. The number of halogens is 1. The second-order valence-electron chi connectivity index (χ2n) is 8.20. The van der Waals surface area contributed by atoms with Crippen molar-refractivity contribution in [1.82, 2.24) is 10.2 Å². The van der Waals surface area contributed by atoms with Crippen LogP contribution >= 0.6 is 0 Å². The van der Waals surface area contributed by atoms with Crippen molar-refractivity contribution in [2.45, 2.75) is 32.6 Å². The molecule has 1 aliphatic rings. The predicted molar refractivity (Wildman–Crippen MR) is 112 cm³/mol. The van der Waals surface area contributed by atoms with Gasteiger partial charge in [0.25, 0.3) is 0 Å². The number of likely N-dealkylation sites (tertiary alicyclic amines) is 1. The summed E-state index contributed by atoms with van der Waals surface area (Å²) in [5.41, 5.74) is 1.72. The summed E-state index contributed by atoms with van der Waals surface area (Å²) in [6, 6.07) is 16.0. The molecule has 0 radical (unpaired) electrons. The van der Waals surface area contributed by atoms with Crippen LogP contribution in [0, 0.1) is 17.7 Å². The zero-order valence-corrected chi connectivity index (χ0v) is 17.1. The van der Waals surface area contributed by atoms with E-state index in [9.17, 15) is 14.0 Å². The quantitative estimate of drug-likeness (QED) is 0.774. The first-order valence-corrected chi connectivity index (χ1v) is 10.3. The average Bonchev–Trinajstić information content (AvgIpc) is 3.14. The molecular formula is C24H29FN2O2. The van der Waals surface area contributed by atoms with Crippen LogP contribution in [0.1, 0.15) is 37.3 Å². The van der Waals surface area contributed by atoms with Crippen LogP contribution in [0.15, 0.2) is 54.6 Å². The molecule has 0 unspecified atom stereocenters. The Morgan fingerprint density at radius 3 is 2.55 bits per heavy atom. The summed E-state index contributed by atoms with van der Waals surface area (Å²) in [4.78, 5) is 27.5. The van der Waals surface area contributed by atoms with Crippen molar-refractivity contribution in [2.24, 2.45) is 11.8 Å². The first-order chi connectivity index (χ1) is 13.9. The number of amides is 2. The molecule has 1 fully saturated rings. The van der Waals surface area contributed by atoms with Gasteiger partial charge in [0.1, 0.15) is 5.82 Å². The van der Waals surface area contributed by atoms with Crippen molar-refractivity contribution in [3.05, 3.63) is 71.5 Å². The van der Waals surface area contributed by atoms with E-state index in [1.165, 1.54) is 12.1 Å². The summed E-state index contributed by atoms with van der Waals surface area (Å²) in [7, 11) is 0. The van der Waals surface area contributed by atoms with Gasteiger partial charge in [-0.2, -0.15) is 0 Å². The summed E-state index contributed by atoms with van der Waals surface area (Å²) < 4.78 is 13.8. The van der Waals surface area contributed by atoms with Gasteiger partial charge in [-0.25, -0.2) is 4.39 Å². The molecule has 154 valence electrons. The Morgan fingerprint density at radius 2 is 1.86 bits per heavy atom. The van der Waals surface area contributed by atoms with E-state index < -0.39 is 0 Å². The molecular weight excluding hydrogens is 367 g/mol. The van der Waals surface area contributed by atoms with E-state index in [1.807, 2.05) is 36.4 Å². The Balaban J connectivity index is 1.74. The Hall–Kier alpha value is -2.69. The minimum Gasteiger partial charge on any atom is -0.356 e. The smallest absolute Gasteiger partial charge is 0.227 e. The lowest BCUT2D eigenvalue weighted by Crippen LogP contribution is -2.36. The molecule has 0 spiro atoms. The van der Waals surface area contributed by atoms with Gasteiger partial charge in [0.05, 0.1) is 12.3 Å². The SMILES string of the molecule is CC(C)CCNC(=O)[C@H]1CN(C(=O)Cc2ccccc2)C[C@@H]1c1cccc(F)c1. The van der Waals surface area contributed by atoms with Crippen molar-refractivity contribution in [1.29, 1.82) is 0 Å². The molecule has 0 saturated carbocycles. The zero-order valence-electron chi connectivity index (χ0n) is 17.1. The van der Waals surface area contributed by atoms with Crippen LogP contribution in [0.5, 0.6) is 0 Å². The van der Waals surface area contributed by atoms with E-state index in [4.69, 9.17) is 0 Å². The normalized spacial score (nSPS) is 18.8. The standard InChI is InChI=1S/C24H29FN2O2/c1-17(2)11-12-26-24(29)22-16-27(23(28)13-18-7-4-3-5-8-18)15-21(22)19-9-6-10-20(25)14-19/h3-10,14,17,21-22H,11-13,15-16H2,1-2H3,(H,26,29)/t21-,22+/m1/s1. The fraction of sp³-hybridized carbons (Fsp3) is 0.417. The van der Waals surface area contributed by atoms with Crippen LogP contribution in [-0.4, -0.2) is 36.3 Å². The van der Waals surface area contributed by atoms with E-state index in [2.05, 4.69) is 19.2 Å². The van der Waals surface area contributed by atoms with Crippen LogP contribution in [0.3, 0.4) is 0 Å². The molecule has 0 aromatic heterocycles. The van der Waals surface area contributed by atoms with Crippen LogP contribution in [0.4, 0.5) is 4.39 Å². The highest BCUT2D eigenvalue weighted by molar-refractivity contribution is 5.84. The van der Waals surface area contributed by atoms with Crippen molar-refractivity contribution in [3.63, 3.8) is 0 Å². The van der Waals surface area contributed by atoms with E-state index in [1.54, 1.807) is 11.0 Å². The zero-order chi connectivity index (χ0) is 20.8. The molecule has 1 N–H and O–H groups in total. The summed E-state index contributed by atoms with van der Waals surface area (Å²) >= 11 is 0. The predicted octanol–water partition coefficient (Wildman–Crippen LogP) is 3.77. The van der Waals surface area contributed by atoms with E-state index in [0.717, 1.165) is 17.5 Å². The third-order valence-electron chi connectivity index (χ3n) is 5.51. The summed E-state index contributed by atoms with van der Waals surface area (Å²) in [5.74, 6) is -0.462. The van der Waals surface area contributed by atoms with Gasteiger partial charge in [-0.05, 0) is 35.6 Å². The third-order valence-corrected chi connectivity index (χ3v) is 5.51. The Labute approximate surface area is 172 Å². The number of carbonyl (C=O) groups is 2. The minimum absolute atomic E-state index is 0.00455. The van der Waals surface area contributed by atoms with Gasteiger partial charge in [-0.1, -0.05) is 56.3 Å². The second-order valence-corrected chi connectivity index (χ2v) is 8.20. The molecule has 4 nitrogen and oxygen atoms in total. The largest absolute Gasteiger partial charge is 0.356 e. The topological polar surface area (TPSA) is 49.4 Å². The number of nitrogens with one attached hydrogen (secondary N) is 1. The first kappa shape index (κ1) is 21.0. The van der Waals surface area contributed by atoms with Crippen LogP contribution < -0.4 is 5.32 Å². The van der Waals surface area contributed by atoms with Gasteiger partial charge >= 0.3 is 0 Å². The van der Waals surface area contributed by atoms with Gasteiger partial charge in [0, 0.05) is 25.6 Å². The van der Waals surface area contributed by atoms with E-state index >= 15 is 0 Å². The minimum atomic E-state index is -0.372. The molecule has 1 saturated heterocycles. The number of rotatable bonds is 7. The van der Waals surface area contributed by atoms with Crippen LogP contribution in [0.25, 0.3) is 0 Å². The van der Waals surface area contributed by atoms with Crippen LogP contribution in [-0.2, 0) is 16.0 Å². The molecule has 3 rings (SSSR count). The van der Waals surface area contributed by atoms with Crippen molar-refractivity contribution in [2.75, 3.05) is 19.6 Å². The van der Waals surface area contributed by atoms with E-state index in [0.29, 0.717) is 32.0 Å². The lowest BCUT2D eigenvalue weighted by Gasteiger charge is -2.18. The van der Waals surface area contributed by atoms with Gasteiger partial charge in [-0.3, -0.25) is 9.59 Å². The monoisotopic (exact) mass is 396 g/mol. The number of carbonyl (C=O) groups excluding carboxylic acids is 2. The highest BCUT2D eigenvalue weighted by atomic mass is 19.1. The molecule has 2 aromatic carbocycles. The highest BCUT2D eigenvalue weighted by Crippen LogP contribution is 2.33. The van der Waals surface area contributed by atoms with Gasteiger partial charge in [-0.15, -0.1) is 0 Å². The maximum absolute atomic E-state index is 13.8. The first-order valence-electron chi connectivity index (χ1n) is 10.3. The maximum atomic E-state index is 13.8. The Morgan fingerprint density at radius 1 is 1.10 bits per heavy atom. The van der Waals surface area contributed by atoms with Crippen molar-refractivity contribution < 1.29 is 14.0 Å². The summed E-state index contributed by atoms with van der Waals surface area (Å²) in [6.45, 7) is 5.63. The molecule has 2 amide bonds. The Bertz CT molecular complexity index is 838. The number of hydrogen-bond donors (Lipinski definition) is 1. The fourth-order valence-corrected chi connectivity index (χ4v) is 3.85. The highest BCUT2D eigenvalue weighted by Gasteiger charge is 2.40. The van der Waals surface area contributed by atoms with E-state index in [-0.39, 0.29) is 29.5 Å². The molecule has 29 heavy (non-hydrogen) atoms. The van der Waals surface area contributed by atoms with Crippen molar-refractivity contribution >= 4 is 11.8 Å². The average molecular weight is 397 g/mol. The van der Waals surface area contributed by atoms with Gasteiger partial charge < -0.3 is 10.2 Å². The second kappa shape index (κ2) is 9.68. The lowest BCUT2D eigenvalue weighted by molar-refractivity contribution is -0.130. The summed E-state index contributed by atoms with van der Waals surface area (Å²) in [5, 5.41) is 3.01. The fourth-order valence-electron chi connectivity index (χ4n) is 3.85. The number of hydrogen-bond acceptors (Lipinski definition) is 2. The molecule has 2 aromatic rings. The summed E-state index contributed by atoms with van der Waals surface area (Å²) in [6.07, 6.45) is 1.21. The molecule has 0 aliphatic carbocycles. The molecule has 2 atom stereocenters. The molecule has 5 heteroatoms. The number of nitrogens with zero attached hydrogens (tertiary/aromatic N) is 1. The third kappa shape index (κ3) is 5.66. The van der Waals surface area contributed by atoms with Crippen LogP contribution in [0.2, 0.25) is 0 Å². The molecule has 1 aliphatic heterocycles. The molecule has 0 bridgehead atoms. The van der Waals surface area contributed by atoms with Gasteiger partial charge in [0.2, 0.25) is 11.8 Å². The lowest BCUT2D eigenvalue weighted by atomic mass is 9.88.